The van der Waals surface area contributed by atoms with Crippen LogP contribution in [-0.2, 0) is 12.0 Å². The van der Waals surface area contributed by atoms with E-state index in [-0.39, 0.29) is 12.0 Å². The van der Waals surface area contributed by atoms with Gasteiger partial charge in [0, 0.05) is 11.1 Å². The van der Waals surface area contributed by atoms with Gasteiger partial charge in [0.25, 0.3) is 0 Å². The fourth-order valence-corrected chi connectivity index (χ4v) is 1.49. The number of allylic oxidation sites excluding steroid dienone is 1. The third-order valence-electron chi connectivity index (χ3n) is 2.30. The molecule has 0 fully saturated rings. The fourth-order valence-electron chi connectivity index (χ4n) is 1.49. The van der Waals surface area contributed by atoms with Crippen molar-refractivity contribution in [3.05, 3.63) is 24.0 Å². The summed E-state index contributed by atoms with van der Waals surface area (Å²) in [5, 5.41) is 13.4. The minimum absolute atomic E-state index is 0.0376. The van der Waals surface area contributed by atoms with Gasteiger partial charge in [-0.25, -0.2) is 0 Å². The van der Waals surface area contributed by atoms with Gasteiger partial charge in [0.15, 0.2) is 0 Å². The van der Waals surface area contributed by atoms with Gasteiger partial charge in [-0.2, -0.15) is 5.10 Å². The largest absolute Gasteiger partial charge is 0.394 e. The van der Waals surface area contributed by atoms with Crippen molar-refractivity contribution in [2.45, 2.75) is 39.7 Å². The van der Waals surface area contributed by atoms with Crippen LogP contribution in [0.3, 0.4) is 0 Å². The van der Waals surface area contributed by atoms with Crippen LogP contribution in [0.2, 0.25) is 0 Å². The van der Waals surface area contributed by atoms with E-state index in [9.17, 15) is 0 Å². The molecule has 0 saturated heterocycles. The van der Waals surface area contributed by atoms with Gasteiger partial charge in [-0.15, -0.1) is 0 Å². The average Bonchev–Trinajstić information content (AvgIpc) is 2.48. The Kier molecular flexibility index (Phi) is 3.35. The predicted molar refractivity (Wildman–Crippen MR) is 62.7 cm³/mol. The summed E-state index contributed by atoms with van der Waals surface area (Å²) in [6.07, 6.45) is 0. The molecule has 1 aromatic heterocycles. The van der Waals surface area contributed by atoms with Crippen LogP contribution in [0.4, 0.5) is 0 Å². The van der Waals surface area contributed by atoms with E-state index < -0.39 is 0 Å². The molecule has 3 heteroatoms. The Morgan fingerprint density at radius 1 is 1.53 bits per heavy atom. The smallest absolute Gasteiger partial charge is 0.0877 e. The number of aliphatic hydroxyl groups excluding tert-OH is 1. The predicted octanol–water partition coefficient (Wildman–Crippen LogP) is 2.21. The summed E-state index contributed by atoms with van der Waals surface area (Å²) >= 11 is 0. The Labute approximate surface area is 91.4 Å². The molecule has 1 aromatic rings. The van der Waals surface area contributed by atoms with Crippen LogP contribution < -0.4 is 0 Å². The fraction of sp³-hybridized carbons (Fsp3) is 0.583. The second-order valence-electron chi connectivity index (χ2n) is 4.89. The molecule has 0 aliphatic rings. The Morgan fingerprint density at radius 2 is 2.13 bits per heavy atom. The van der Waals surface area contributed by atoms with Crippen LogP contribution in [0.1, 0.15) is 39.1 Å². The summed E-state index contributed by atoms with van der Waals surface area (Å²) in [5.74, 6) is 0. The van der Waals surface area contributed by atoms with E-state index in [4.69, 9.17) is 5.11 Å². The van der Waals surface area contributed by atoms with Crippen LogP contribution >= 0.6 is 0 Å². The summed E-state index contributed by atoms with van der Waals surface area (Å²) in [7, 11) is 0. The maximum Gasteiger partial charge on any atom is 0.0877 e. The minimum Gasteiger partial charge on any atom is -0.394 e. The molecule has 0 unspecified atom stereocenters. The first-order valence-electron chi connectivity index (χ1n) is 5.21. The Bertz CT molecular complexity index is 358. The Hall–Kier alpha value is -1.09. The number of aromatic nitrogens is 2. The van der Waals surface area contributed by atoms with Gasteiger partial charge in [0.05, 0.1) is 18.8 Å². The van der Waals surface area contributed by atoms with Gasteiger partial charge in [-0.1, -0.05) is 27.4 Å². The molecule has 84 valence electrons. The molecule has 0 aromatic carbocycles. The lowest BCUT2D eigenvalue weighted by Crippen LogP contribution is -2.19. The highest BCUT2D eigenvalue weighted by molar-refractivity contribution is 5.58. The third-order valence-corrected chi connectivity index (χ3v) is 2.30. The molecule has 0 aliphatic heterocycles. The van der Waals surface area contributed by atoms with Gasteiger partial charge in [-0.3, -0.25) is 4.68 Å². The van der Waals surface area contributed by atoms with E-state index in [0.717, 1.165) is 17.0 Å². The standard InChI is InChI=1S/C12H20N2O/c1-9(2)10-8-11(12(3,4)5)14(13-10)6-7-15/h8,15H,1,6-7H2,2-5H3. The maximum atomic E-state index is 8.97. The first-order valence-corrected chi connectivity index (χ1v) is 5.21. The molecule has 0 amide bonds. The molecule has 0 radical (unpaired) electrons. The van der Waals surface area contributed by atoms with Crippen LogP contribution in [0, 0.1) is 0 Å². The number of rotatable bonds is 3. The zero-order valence-electron chi connectivity index (χ0n) is 10.0. The lowest BCUT2D eigenvalue weighted by Gasteiger charge is -2.19. The molecule has 0 spiro atoms. The van der Waals surface area contributed by atoms with Crippen molar-refractivity contribution in [1.82, 2.24) is 9.78 Å². The van der Waals surface area contributed by atoms with Crippen molar-refractivity contribution < 1.29 is 5.11 Å². The Balaban J connectivity index is 3.17. The number of hydrogen-bond acceptors (Lipinski definition) is 2. The second kappa shape index (κ2) is 4.19. The zero-order valence-corrected chi connectivity index (χ0v) is 10.0. The molecule has 15 heavy (non-hydrogen) atoms. The van der Waals surface area contributed by atoms with Gasteiger partial charge in [0.1, 0.15) is 0 Å². The number of aliphatic hydroxyl groups is 1. The molecule has 1 heterocycles. The number of hydrogen-bond donors (Lipinski definition) is 1. The van der Waals surface area contributed by atoms with Crippen LogP contribution in [0.15, 0.2) is 12.6 Å². The van der Waals surface area contributed by atoms with Crippen molar-refractivity contribution in [3.63, 3.8) is 0 Å². The zero-order chi connectivity index (χ0) is 11.6. The molecular weight excluding hydrogens is 188 g/mol. The minimum atomic E-state index is 0.0376. The van der Waals surface area contributed by atoms with Crippen LogP contribution in [0.5, 0.6) is 0 Å². The van der Waals surface area contributed by atoms with Crippen molar-refractivity contribution in [2.24, 2.45) is 0 Å². The monoisotopic (exact) mass is 208 g/mol. The lowest BCUT2D eigenvalue weighted by atomic mass is 9.91. The van der Waals surface area contributed by atoms with Gasteiger partial charge >= 0.3 is 0 Å². The summed E-state index contributed by atoms with van der Waals surface area (Å²) in [4.78, 5) is 0. The van der Waals surface area contributed by atoms with Crippen LogP contribution in [0.25, 0.3) is 5.57 Å². The second-order valence-corrected chi connectivity index (χ2v) is 4.89. The summed E-state index contributed by atoms with van der Waals surface area (Å²) in [6, 6.07) is 2.05. The summed E-state index contributed by atoms with van der Waals surface area (Å²) < 4.78 is 1.87. The lowest BCUT2D eigenvalue weighted by molar-refractivity contribution is 0.264. The van der Waals surface area contributed by atoms with Crippen molar-refractivity contribution in [3.8, 4) is 0 Å². The van der Waals surface area contributed by atoms with Crippen molar-refractivity contribution >= 4 is 5.57 Å². The average molecular weight is 208 g/mol. The van der Waals surface area contributed by atoms with E-state index in [0.29, 0.717) is 6.54 Å². The van der Waals surface area contributed by atoms with E-state index >= 15 is 0 Å². The third kappa shape index (κ3) is 2.69. The highest BCUT2D eigenvalue weighted by atomic mass is 16.3. The van der Waals surface area contributed by atoms with E-state index in [1.165, 1.54) is 0 Å². The summed E-state index contributed by atoms with van der Waals surface area (Å²) in [6.45, 7) is 12.9. The van der Waals surface area contributed by atoms with E-state index in [1.54, 1.807) is 0 Å². The molecule has 0 bridgehead atoms. The van der Waals surface area contributed by atoms with Crippen molar-refractivity contribution in [1.29, 1.82) is 0 Å². The topological polar surface area (TPSA) is 38.0 Å². The quantitative estimate of drug-likeness (QED) is 0.827. The van der Waals surface area contributed by atoms with E-state index in [1.807, 2.05) is 11.6 Å². The Morgan fingerprint density at radius 3 is 2.53 bits per heavy atom. The molecule has 1 rings (SSSR count). The summed E-state index contributed by atoms with van der Waals surface area (Å²) in [5.41, 5.74) is 3.04. The van der Waals surface area contributed by atoms with Crippen molar-refractivity contribution in [2.75, 3.05) is 6.61 Å². The maximum absolute atomic E-state index is 8.97. The molecule has 0 atom stereocenters. The highest BCUT2D eigenvalue weighted by Gasteiger charge is 2.20. The van der Waals surface area contributed by atoms with Gasteiger partial charge in [0.2, 0.25) is 0 Å². The van der Waals surface area contributed by atoms with Crippen LogP contribution in [-0.4, -0.2) is 21.5 Å². The molecule has 3 nitrogen and oxygen atoms in total. The highest BCUT2D eigenvalue weighted by Crippen LogP contribution is 2.24. The normalized spacial score (nSPS) is 11.8. The first kappa shape index (κ1) is 12.0. The molecule has 1 N–H and O–H groups in total. The SMILES string of the molecule is C=C(C)c1cc(C(C)(C)C)n(CCO)n1. The molecular formula is C12H20N2O. The first-order chi connectivity index (χ1) is 6.86. The van der Waals surface area contributed by atoms with Gasteiger partial charge < -0.3 is 5.11 Å². The molecule has 0 aliphatic carbocycles. The number of nitrogens with zero attached hydrogens (tertiary/aromatic N) is 2. The van der Waals surface area contributed by atoms with E-state index in [2.05, 4.69) is 38.5 Å². The molecule has 0 saturated carbocycles. The van der Waals surface area contributed by atoms with Gasteiger partial charge in [-0.05, 0) is 18.6 Å².